The Balaban J connectivity index is 2.58. The molecule has 1 aromatic carbocycles. The third kappa shape index (κ3) is 2.53. The quantitative estimate of drug-likeness (QED) is 0.540. The van der Waals surface area contributed by atoms with Crippen LogP contribution in [0.25, 0.3) is 0 Å². The Morgan fingerprint density at radius 2 is 1.92 bits per heavy atom. The van der Waals surface area contributed by atoms with E-state index in [1.807, 2.05) is 24.3 Å². The number of benzene rings is 1. The Hall–Kier alpha value is -1.06. The van der Waals surface area contributed by atoms with E-state index < -0.39 is 0 Å². The minimum atomic E-state index is 0.671. The van der Waals surface area contributed by atoms with E-state index >= 15 is 0 Å². The van der Waals surface area contributed by atoms with E-state index in [2.05, 4.69) is 4.89 Å². The summed E-state index contributed by atoms with van der Waals surface area (Å²) in [4.78, 5) is 9.31. The molecule has 0 aromatic heterocycles. The van der Waals surface area contributed by atoms with Crippen LogP contribution in [0.3, 0.4) is 0 Å². The normalized spacial score (nSPS) is 9.83. The van der Waals surface area contributed by atoms with Gasteiger partial charge in [0.25, 0.3) is 0 Å². The van der Waals surface area contributed by atoms with Crippen molar-refractivity contribution in [2.24, 2.45) is 5.73 Å². The lowest BCUT2D eigenvalue weighted by Crippen LogP contribution is -2.02. The second-order valence-corrected chi connectivity index (χ2v) is 2.43. The minimum Gasteiger partial charge on any atom is -0.338 e. The molecule has 0 unspecified atom stereocenters. The van der Waals surface area contributed by atoms with Gasteiger partial charge in [0.15, 0.2) is 5.75 Å². The van der Waals surface area contributed by atoms with Gasteiger partial charge in [-0.1, -0.05) is 12.1 Å². The zero-order valence-corrected chi connectivity index (χ0v) is 7.12. The van der Waals surface area contributed by atoms with Crippen molar-refractivity contribution in [1.82, 2.24) is 0 Å². The topological polar surface area (TPSA) is 44.5 Å². The van der Waals surface area contributed by atoms with Gasteiger partial charge >= 0.3 is 0 Å². The number of hydrogen-bond donors (Lipinski definition) is 1. The maximum Gasteiger partial charge on any atom is 0.165 e. The molecule has 3 heteroatoms. The van der Waals surface area contributed by atoms with Crippen LogP contribution >= 0.6 is 0 Å². The van der Waals surface area contributed by atoms with Gasteiger partial charge in [-0.15, -0.1) is 0 Å². The molecule has 0 amide bonds. The average Bonchev–Trinajstić information content (AvgIpc) is 2.09. The maximum atomic E-state index is 5.40. The van der Waals surface area contributed by atoms with Crippen LogP contribution in [0.15, 0.2) is 24.3 Å². The molecule has 0 aliphatic rings. The minimum absolute atomic E-state index is 0.671. The van der Waals surface area contributed by atoms with Crippen LogP contribution in [0.1, 0.15) is 5.56 Å². The molecule has 0 bridgehead atoms. The highest BCUT2D eigenvalue weighted by atomic mass is 17.2. The third-order valence-corrected chi connectivity index (χ3v) is 1.54. The molecule has 1 rings (SSSR count). The van der Waals surface area contributed by atoms with E-state index in [1.54, 1.807) is 0 Å². The smallest absolute Gasteiger partial charge is 0.165 e. The second kappa shape index (κ2) is 4.74. The highest BCUT2D eigenvalue weighted by molar-refractivity contribution is 5.26. The third-order valence-electron chi connectivity index (χ3n) is 1.54. The Bertz CT molecular complexity index is 195. The van der Waals surface area contributed by atoms with E-state index in [4.69, 9.17) is 10.6 Å². The molecule has 0 atom stereocenters. The molecule has 0 fully saturated rings. The maximum absolute atomic E-state index is 5.40. The molecule has 0 aliphatic heterocycles. The van der Waals surface area contributed by atoms with Crippen LogP contribution in [0.5, 0.6) is 5.75 Å². The molecular weight excluding hydrogens is 154 g/mol. The summed E-state index contributed by atoms with van der Waals surface area (Å²) in [6.07, 6.45) is 0.896. The van der Waals surface area contributed by atoms with Gasteiger partial charge in [0.1, 0.15) is 0 Å². The number of hydrogen-bond acceptors (Lipinski definition) is 3. The van der Waals surface area contributed by atoms with Gasteiger partial charge in [-0.2, -0.15) is 4.89 Å². The zero-order chi connectivity index (χ0) is 8.81. The van der Waals surface area contributed by atoms with Crippen molar-refractivity contribution in [2.75, 3.05) is 13.7 Å². The SMILES string of the molecule is COOc1ccc(CCN)cc1. The van der Waals surface area contributed by atoms with Gasteiger partial charge in [0.2, 0.25) is 0 Å². The largest absolute Gasteiger partial charge is 0.338 e. The van der Waals surface area contributed by atoms with Crippen LogP contribution in [0.4, 0.5) is 0 Å². The first-order valence-corrected chi connectivity index (χ1v) is 3.86. The van der Waals surface area contributed by atoms with E-state index in [1.165, 1.54) is 12.7 Å². The summed E-state index contributed by atoms with van der Waals surface area (Å²) in [7, 11) is 1.48. The summed E-state index contributed by atoms with van der Waals surface area (Å²) in [5, 5.41) is 0. The van der Waals surface area contributed by atoms with Crippen molar-refractivity contribution in [1.29, 1.82) is 0 Å². The lowest BCUT2D eigenvalue weighted by Gasteiger charge is -2.01. The Morgan fingerprint density at radius 3 is 2.42 bits per heavy atom. The first kappa shape index (κ1) is 9.03. The van der Waals surface area contributed by atoms with Crippen molar-refractivity contribution in [3.05, 3.63) is 29.8 Å². The lowest BCUT2D eigenvalue weighted by molar-refractivity contribution is -0.178. The molecule has 3 nitrogen and oxygen atoms in total. The van der Waals surface area contributed by atoms with Crippen LogP contribution in [0.2, 0.25) is 0 Å². The van der Waals surface area contributed by atoms with Crippen LogP contribution in [-0.4, -0.2) is 13.7 Å². The fourth-order valence-electron chi connectivity index (χ4n) is 0.975. The van der Waals surface area contributed by atoms with Crippen molar-refractivity contribution in [3.8, 4) is 5.75 Å². The Labute approximate surface area is 72.0 Å². The molecule has 1 aromatic rings. The Morgan fingerprint density at radius 1 is 1.25 bits per heavy atom. The summed E-state index contributed by atoms with van der Waals surface area (Å²) in [6, 6.07) is 7.66. The van der Waals surface area contributed by atoms with E-state index in [9.17, 15) is 0 Å². The molecule has 0 saturated heterocycles. The van der Waals surface area contributed by atoms with Crippen LogP contribution in [0, 0.1) is 0 Å². The average molecular weight is 167 g/mol. The highest BCUT2D eigenvalue weighted by Crippen LogP contribution is 2.11. The molecule has 12 heavy (non-hydrogen) atoms. The van der Waals surface area contributed by atoms with Gasteiger partial charge in [-0.3, -0.25) is 0 Å². The van der Waals surface area contributed by atoms with Crippen LogP contribution in [-0.2, 0) is 11.3 Å². The predicted octanol–water partition coefficient (Wildman–Crippen LogP) is 1.13. The Kier molecular flexibility index (Phi) is 3.57. The summed E-state index contributed by atoms with van der Waals surface area (Å²) in [5.41, 5.74) is 6.61. The summed E-state index contributed by atoms with van der Waals surface area (Å²) in [6.45, 7) is 0.671. The first-order valence-electron chi connectivity index (χ1n) is 3.86. The van der Waals surface area contributed by atoms with Gasteiger partial charge in [0.05, 0.1) is 7.11 Å². The van der Waals surface area contributed by atoms with Crippen molar-refractivity contribution in [2.45, 2.75) is 6.42 Å². The fourth-order valence-corrected chi connectivity index (χ4v) is 0.975. The summed E-state index contributed by atoms with van der Waals surface area (Å²) in [5.74, 6) is 0.707. The van der Waals surface area contributed by atoms with Gasteiger partial charge in [-0.25, -0.2) is 0 Å². The number of nitrogens with two attached hydrogens (primary N) is 1. The van der Waals surface area contributed by atoms with E-state index in [0.29, 0.717) is 12.3 Å². The van der Waals surface area contributed by atoms with Gasteiger partial charge in [0, 0.05) is 0 Å². The monoisotopic (exact) mass is 167 g/mol. The zero-order valence-electron chi connectivity index (χ0n) is 7.12. The second-order valence-electron chi connectivity index (χ2n) is 2.43. The molecule has 0 spiro atoms. The molecule has 0 aliphatic carbocycles. The summed E-state index contributed by atoms with van der Waals surface area (Å²) >= 11 is 0. The van der Waals surface area contributed by atoms with Crippen LogP contribution < -0.4 is 10.6 Å². The molecule has 0 saturated carbocycles. The van der Waals surface area contributed by atoms with Crippen molar-refractivity contribution < 1.29 is 9.78 Å². The molecule has 2 N–H and O–H groups in total. The van der Waals surface area contributed by atoms with Crippen molar-refractivity contribution in [3.63, 3.8) is 0 Å². The highest BCUT2D eigenvalue weighted by Gasteiger charge is 1.93. The fraction of sp³-hybridized carbons (Fsp3) is 0.333. The molecule has 0 radical (unpaired) electrons. The summed E-state index contributed by atoms with van der Waals surface area (Å²) < 4.78 is 0. The predicted molar refractivity (Wildman–Crippen MR) is 46.8 cm³/mol. The van der Waals surface area contributed by atoms with E-state index in [-0.39, 0.29) is 0 Å². The van der Waals surface area contributed by atoms with Gasteiger partial charge < -0.3 is 10.6 Å². The standard InChI is InChI=1S/C9H13NO2/c1-11-12-9-4-2-8(3-5-9)6-7-10/h2-5H,6-7,10H2,1H3. The van der Waals surface area contributed by atoms with Crippen molar-refractivity contribution >= 4 is 0 Å². The first-order chi connectivity index (χ1) is 5.86. The lowest BCUT2D eigenvalue weighted by atomic mass is 10.1. The van der Waals surface area contributed by atoms with E-state index in [0.717, 1.165) is 6.42 Å². The molecular formula is C9H13NO2. The molecule has 66 valence electrons. The van der Waals surface area contributed by atoms with Gasteiger partial charge in [-0.05, 0) is 30.7 Å². The molecule has 0 heterocycles. The number of rotatable bonds is 4.